The van der Waals surface area contributed by atoms with E-state index in [1.807, 2.05) is 0 Å². The maximum atomic E-state index is 8.66. The number of rotatable bonds is 4. The molecule has 0 saturated heterocycles. The zero-order valence-corrected chi connectivity index (χ0v) is 4.75. The van der Waals surface area contributed by atoms with Crippen molar-refractivity contribution in [2.24, 2.45) is 0 Å². The maximum Gasteiger partial charge on any atom is 0.139 e. The summed E-state index contributed by atoms with van der Waals surface area (Å²) in [5.41, 5.74) is 0. The van der Waals surface area contributed by atoms with Crippen molar-refractivity contribution >= 4 is 0 Å². The Morgan fingerprint density at radius 3 is 2.62 bits per heavy atom. The molecule has 0 aliphatic carbocycles. The minimum absolute atomic E-state index is 0.479. The smallest absolute Gasteiger partial charge is 0.139 e. The van der Waals surface area contributed by atoms with Crippen molar-refractivity contribution in [2.45, 2.75) is 6.23 Å². The zero-order valence-electron chi connectivity index (χ0n) is 4.75. The van der Waals surface area contributed by atoms with Crippen molar-refractivity contribution in [3.8, 4) is 0 Å². The van der Waals surface area contributed by atoms with Crippen LogP contribution in [0.25, 0.3) is 0 Å². The Morgan fingerprint density at radius 1 is 1.62 bits per heavy atom. The fourth-order valence-electron chi connectivity index (χ4n) is 0.257. The van der Waals surface area contributed by atoms with Crippen LogP contribution in [0, 0.1) is 0 Å². The van der Waals surface area contributed by atoms with Gasteiger partial charge in [0.05, 0.1) is 0 Å². The van der Waals surface area contributed by atoms with Crippen LogP contribution in [0.2, 0.25) is 0 Å². The number of hydrogen-bond acceptors (Lipinski definition) is 1. The lowest BCUT2D eigenvalue weighted by molar-refractivity contribution is 0.186. The normalized spacial score (nSPS) is 12.6. The second-order valence-corrected chi connectivity index (χ2v) is 1.30. The van der Waals surface area contributed by atoms with Crippen LogP contribution in [-0.2, 0) is 0 Å². The first kappa shape index (κ1) is 7.40. The molecule has 0 bridgehead atoms. The summed E-state index contributed by atoms with van der Waals surface area (Å²) in [4.78, 5) is 0. The quantitative estimate of drug-likeness (QED) is 0.521. The lowest BCUT2D eigenvalue weighted by atomic mass is 10.5. The van der Waals surface area contributed by atoms with Crippen molar-refractivity contribution in [1.82, 2.24) is 5.32 Å². The van der Waals surface area contributed by atoms with Crippen LogP contribution in [0.15, 0.2) is 25.3 Å². The standard InChI is InChI=1S/C6H10NO/c1-3-5-7-6(8)4-2/h3-4,6,8H,1-2,5H2. The van der Waals surface area contributed by atoms with Gasteiger partial charge in [-0.3, -0.25) is 0 Å². The van der Waals surface area contributed by atoms with Gasteiger partial charge < -0.3 is 5.11 Å². The van der Waals surface area contributed by atoms with Gasteiger partial charge in [0.15, 0.2) is 0 Å². The monoisotopic (exact) mass is 112 g/mol. The third kappa shape index (κ3) is 3.59. The predicted molar refractivity (Wildman–Crippen MR) is 33.4 cm³/mol. The van der Waals surface area contributed by atoms with E-state index >= 15 is 0 Å². The molecule has 0 fully saturated rings. The lowest BCUT2D eigenvalue weighted by Gasteiger charge is -1.99. The summed E-state index contributed by atoms with van der Waals surface area (Å²) < 4.78 is 0. The third-order valence-electron chi connectivity index (χ3n) is 0.632. The van der Waals surface area contributed by atoms with Crippen LogP contribution in [0.3, 0.4) is 0 Å². The van der Waals surface area contributed by atoms with Crippen LogP contribution in [0.4, 0.5) is 0 Å². The minimum Gasteiger partial charge on any atom is -0.373 e. The Balaban J connectivity index is 3.09. The second-order valence-electron chi connectivity index (χ2n) is 1.30. The van der Waals surface area contributed by atoms with Crippen LogP contribution in [0.1, 0.15) is 0 Å². The molecule has 0 rings (SSSR count). The molecule has 0 aromatic rings. The van der Waals surface area contributed by atoms with Crippen molar-refractivity contribution < 1.29 is 5.11 Å². The first-order valence-corrected chi connectivity index (χ1v) is 2.39. The molecule has 1 unspecified atom stereocenters. The van der Waals surface area contributed by atoms with E-state index in [-0.39, 0.29) is 0 Å². The number of aliphatic hydroxyl groups is 1. The molecule has 2 heteroatoms. The largest absolute Gasteiger partial charge is 0.373 e. The summed E-state index contributed by atoms with van der Waals surface area (Å²) in [6, 6.07) is 0. The van der Waals surface area contributed by atoms with E-state index in [1.54, 1.807) is 6.08 Å². The molecular formula is C6H10NO. The van der Waals surface area contributed by atoms with E-state index in [1.165, 1.54) is 6.08 Å². The van der Waals surface area contributed by atoms with E-state index in [4.69, 9.17) is 5.11 Å². The predicted octanol–water partition coefficient (Wildman–Crippen LogP) is 0.281. The summed E-state index contributed by atoms with van der Waals surface area (Å²) in [6.07, 6.45) is 2.25. The minimum atomic E-state index is -0.729. The molecule has 8 heavy (non-hydrogen) atoms. The Kier molecular flexibility index (Phi) is 4.21. The summed E-state index contributed by atoms with van der Waals surface area (Å²) in [5, 5.41) is 12.3. The van der Waals surface area contributed by atoms with Gasteiger partial charge in [0.2, 0.25) is 0 Å². The molecule has 0 aromatic heterocycles. The molecule has 1 N–H and O–H groups in total. The Morgan fingerprint density at radius 2 is 2.25 bits per heavy atom. The molecule has 0 aromatic carbocycles. The molecular weight excluding hydrogens is 102 g/mol. The van der Waals surface area contributed by atoms with E-state index in [2.05, 4.69) is 18.5 Å². The highest BCUT2D eigenvalue weighted by Crippen LogP contribution is 1.77. The first-order valence-electron chi connectivity index (χ1n) is 2.39. The highest BCUT2D eigenvalue weighted by atomic mass is 16.3. The van der Waals surface area contributed by atoms with Gasteiger partial charge in [0.1, 0.15) is 6.23 Å². The van der Waals surface area contributed by atoms with Gasteiger partial charge in [0, 0.05) is 6.54 Å². The van der Waals surface area contributed by atoms with Crippen molar-refractivity contribution in [1.29, 1.82) is 0 Å². The highest BCUT2D eigenvalue weighted by Gasteiger charge is 1.91. The lowest BCUT2D eigenvalue weighted by Crippen LogP contribution is -2.18. The molecule has 0 amide bonds. The SMILES string of the molecule is C=CC[N]C(O)C=C. The van der Waals surface area contributed by atoms with Crippen molar-refractivity contribution in [3.63, 3.8) is 0 Å². The Labute approximate surface area is 49.5 Å². The van der Waals surface area contributed by atoms with Gasteiger partial charge in [-0.05, 0) is 6.08 Å². The summed E-state index contributed by atoms with van der Waals surface area (Å²) in [7, 11) is 0. The van der Waals surface area contributed by atoms with Crippen LogP contribution < -0.4 is 5.32 Å². The van der Waals surface area contributed by atoms with E-state index in [0.717, 1.165) is 0 Å². The number of aliphatic hydroxyl groups excluding tert-OH is 1. The zero-order chi connectivity index (χ0) is 6.41. The molecule has 0 spiro atoms. The van der Waals surface area contributed by atoms with Crippen LogP contribution in [-0.4, -0.2) is 17.9 Å². The highest BCUT2D eigenvalue weighted by molar-refractivity contribution is 4.79. The summed E-state index contributed by atoms with van der Waals surface area (Å²) >= 11 is 0. The van der Waals surface area contributed by atoms with Crippen LogP contribution in [0.5, 0.6) is 0 Å². The van der Waals surface area contributed by atoms with Gasteiger partial charge >= 0.3 is 0 Å². The van der Waals surface area contributed by atoms with E-state index < -0.39 is 6.23 Å². The number of hydrogen-bond donors (Lipinski definition) is 1. The molecule has 0 aliphatic heterocycles. The van der Waals surface area contributed by atoms with Crippen molar-refractivity contribution in [2.75, 3.05) is 6.54 Å². The van der Waals surface area contributed by atoms with Gasteiger partial charge in [0.25, 0.3) is 0 Å². The van der Waals surface area contributed by atoms with Gasteiger partial charge in [-0.1, -0.05) is 12.7 Å². The molecule has 0 heterocycles. The fourth-order valence-corrected chi connectivity index (χ4v) is 0.257. The molecule has 1 atom stereocenters. The average molecular weight is 112 g/mol. The molecule has 2 nitrogen and oxygen atoms in total. The third-order valence-corrected chi connectivity index (χ3v) is 0.632. The number of nitrogens with zero attached hydrogens (tertiary/aromatic N) is 1. The van der Waals surface area contributed by atoms with E-state index in [9.17, 15) is 0 Å². The molecule has 0 aliphatic rings. The van der Waals surface area contributed by atoms with Gasteiger partial charge in [-0.15, -0.1) is 6.58 Å². The van der Waals surface area contributed by atoms with Gasteiger partial charge in [-0.2, -0.15) is 0 Å². The summed E-state index contributed by atoms with van der Waals surface area (Å²) in [6.45, 7) is 7.24. The molecule has 0 saturated carbocycles. The molecule has 1 radical (unpaired) electrons. The van der Waals surface area contributed by atoms with Crippen LogP contribution >= 0.6 is 0 Å². The topological polar surface area (TPSA) is 34.3 Å². The maximum absolute atomic E-state index is 8.66. The summed E-state index contributed by atoms with van der Waals surface area (Å²) in [5.74, 6) is 0. The van der Waals surface area contributed by atoms with Crippen molar-refractivity contribution in [3.05, 3.63) is 25.3 Å². The van der Waals surface area contributed by atoms with E-state index in [0.29, 0.717) is 6.54 Å². The Hall–Kier alpha value is -0.600. The average Bonchev–Trinajstić information content (AvgIpc) is 1.83. The fraction of sp³-hybridized carbons (Fsp3) is 0.333. The second kappa shape index (κ2) is 4.56. The first-order chi connectivity index (χ1) is 3.81. The van der Waals surface area contributed by atoms with Gasteiger partial charge in [-0.25, -0.2) is 5.32 Å². The molecule has 45 valence electrons. The Bertz CT molecular complexity index is 80.6.